The van der Waals surface area contributed by atoms with Crippen molar-refractivity contribution in [2.24, 2.45) is 5.73 Å². The topological polar surface area (TPSA) is 26.0 Å². The number of aryl methyl sites for hydroxylation is 1. The molecule has 69 heavy (non-hydrogen) atoms. The standard InChI is InChI=1S/C66H55N.C2H6/c1-4-25-59-47(2)55-32-19-21-36-60(55)65(59)44-43-50-26-17-18-31-54(50)48(3)64-56(35-24-38-62(64)65)51-41-39-49(40-42-51)46-63-58(33-16-8-6-5-7-9-23-45-67)57-34-20-22-37-61(57)66(63,52-27-12-10-13-28-52)53-29-14-11-15-30-53;1-2/h4-42,45-46H,3,43-44,67H2,1-2H3;1-2H3/b6-5-,9-7-,16-8+,25-4-,45-23+,58-33-,63-46+;. The molecule has 0 aliphatic heterocycles. The molecule has 0 fully saturated rings. The van der Waals surface area contributed by atoms with Gasteiger partial charge in [0.1, 0.15) is 0 Å². The Morgan fingerprint density at radius 1 is 0.536 bits per heavy atom. The molecule has 1 nitrogen and oxygen atoms in total. The number of hydrogen-bond acceptors (Lipinski definition) is 1. The molecule has 2 N–H and O–H groups in total. The monoisotopic (exact) mass is 891 g/mol. The number of hydrogen-bond donors (Lipinski definition) is 1. The van der Waals surface area contributed by atoms with Gasteiger partial charge in [-0.15, -0.1) is 0 Å². The van der Waals surface area contributed by atoms with Crippen molar-refractivity contribution in [3.63, 3.8) is 0 Å². The van der Waals surface area contributed by atoms with Gasteiger partial charge in [-0.2, -0.15) is 0 Å². The Balaban J connectivity index is 0.00000293. The molecule has 10 rings (SSSR count). The van der Waals surface area contributed by atoms with Gasteiger partial charge in [0.2, 0.25) is 0 Å². The van der Waals surface area contributed by atoms with E-state index in [1.807, 2.05) is 44.2 Å². The van der Waals surface area contributed by atoms with Crippen molar-refractivity contribution in [1.82, 2.24) is 0 Å². The maximum absolute atomic E-state index is 5.52. The number of fused-ring (bicyclic) bond motifs is 6. The predicted octanol–water partition coefficient (Wildman–Crippen LogP) is 17.0. The van der Waals surface area contributed by atoms with Gasteiger partial charge < -0.3 is 5.73 Å². The Hall–Kier alpha value is -8.00. The average molecular weight is 892 g/mol. The summed E-state index contributed by atoms with van der Waals surface area (Å²) in [6.07, 6.45) is 26.8. The van der Waals surface area contributed by atoms with E-state index >= 15 is 0 Å². The van der Waals surface area contributed by atoms with E-state index in [0.717, 1.165) is 24.0 Å². The maximum Gasteiger partial charge on any atom is 0.0713 e. The van der Waals surface area contributed by atoms with Gasteiger partial charge in [-0.05, 0) is 145 Å². The maximum atomic E-state index is 5.52. The van der Waals surface area contributed by atoms with Crippen LogP contribution in [0.5, 0.6) is 0 Å². The van der Waals surface area contributed by atoms with Crippen molar-refractivity contribution in [2.75, 3.05) is 0 Å². The lowest BCUT2D eigenvalue weighted by Gasteiger charge is -2.39. The Labute approximate surface area is 410 Å². The van der Waals surface area contributed by atoms with Crippen LogP contribution < -0.4 is 5.73 Å². The highest BCUT2D eigenvalue weighted by Crippen LogP contribution is 2.59. The molecule has 1 atom stereocenters. The molecule has 0 aromatic heterocycles. The summed E-state index contributed by atoms with van der Waals surface area (Å²) in [5, 5.41) is 0. The summed E-state index contributed by atoms with van der Waals surface area (Å²) in [5.74, 6) is 0. The van der Waals surface area contributed by atoms with Crippen LogP contribution in [0.15, 0.2) is 261 Å². The van der Waals surface area contributed by atoms with Crippen molar-refractivity contribution in [3.8, 4) is 11.1 Å². The molecule has 0 bridgehead atoms. The molecular weight excluding hydrogens is 831 g/mol. The minimum absolute atomic E-state index is 0.333. The van der Waals surface area contributed by atoms with Crippen LogP contribution in [-0.4, -0.2) is 0 Å². The molecule has 3 aliphatic rings. The lowest BCUT2D eigenvalue weighted by molar-refractivity contribution is 0.564. The SMILES string of the molecule is C=C1c2ccccc2CCC2(C(/C=C\C)=C(C)c3ccccc32)c2cccc(-c3ccc(\C=C4/C(=C\C=C\C=C/C=C\C=C\N)c5ccccc5C4(c4ccccc4)c4ccccc4)cc3)c21.CC. The summed E-state index contributed by atoms with van der Waals surface area (Å²) >= 11 is 0. The Kier molecular flexibility index (Phi) is 13.7. The molecule has 0 radical (unpaired) electrons. The second kappa shape index (κ2) is 20.5. The lowest BCUT2D eigenvalue weighted by atomic mass is 9.63. The minimum atomic E-state index is -0.562. The fourth-order valence-corrected chi connectivity index (χ4v) is 11.4. The van der Waals surface area contributed by atoms with Crippen LogP contribution in [0.3, 0.4) is 0 Å². The smallest absolute Gasteiger partial charge is 0.0713 e. The number of allylic oxidation sites excluding steroid dienone is 14. The summed E-state index contributed by atoms with van der Waals surface area (Å²) in [6.45, 7) is 13.4. The van der Waals surface area contributed by atoms with Gasteiger partial charge in [-0.1, -0.05) is 251 Å². The van der Waals surface area contributed by atoms with E-state index in [-0.39, 0.29) is 5.41 Å². The molecule has 3 aliphatic carbocycles. The normalized spacial score (nSPS) is 18.3. The first-order valence-corrected chi connectivity index (χ1v) is 24.5. The van der Waals surface area contributed by atoms with Crippen molar-refractivity contribution in [3.05, 3.63) is 322 Å². The fraction of sp³-hybridized carbons (Fsp3) is 0.118. The predicted molar refractivity (Wildman–Crippen MR) is 297 cm³/mol. The summed E-state index contributed by atoms with van der Waals surface area (Å²) < 4.78 is 0. The molecule has 7 aromatic rings. The van der Waals surface area contributed by atoms with Gasteiger partial charge in [0.05, 0.1) is 5.41 Å². The van der Waals surface area contributed by atoms with Crippen molar-refractivity contribution in [1.29, 1.82) is 0 Å². The molecule has 1 spiro atoms. The van der Waals surface area contributed by atoms with E-state index in [9.17, 15) is 0 Å². The van der Waals surface area contributed by atoms with Gasteiger partial charge in [-0.25, -0.2) is 0 Å². The third kappa shape index (κ3) is 8.09. The Bertz CT molecular complexity index is 3210. The first-order valence-electron chi connectivity index (χ1n) is 24.5. The highest BCUT2D eigenvalue weighted by molar-refractivity contribution is 5.99. The Morgan fingerprint density at radius 2 is 1.09 bits per heavy atom. The van der Waals surface area contributed by atoms with Crippen molar-refractivity contribution >= 4 is 22.8 Å². The van der Waals surface area contributed by atoms with Crippen LogP contribution in [-0.2, 0) is 17.3 Å². The van der Waals surface area contributed by atoms with Gasteiger partial charge in [0.25, 0.3) is 0 Å². The van der Waals surface area contributed by atoms with Crippen LogP contribution in [0.4, 0.5) is 0 Å². The Morgan fingerprint density at radius 3 is 1.75 bits per heavy atom. The minimum Gasteiger partial charge on any atom is -0.405 e. The van der Waals surface area contributed by atoms with Crippen molar-refractivity contribution in [2.45, 2.75) is 51.4 Å². The van der Waals surface area contributed by atoms with Crippen molar-refractivity contribution < 1.29 is 0 Å². The number of nitrogens with two attached hydrogens (primary N) is 1. The molecule has 7 aromatic carbocycles. The average Bonchev–Trinajstić information content (AvgIpc) is 3.82. The summed E-state index contributed by atoms with van der Waals surface area (Å²) in [6, 6.07) is 65.1. The molecule has 0 amide bonds. The fourth-order valence-electron chi connectivity index (χ4n) is 11.4. The first kappa shape index (κ1) is 46.1. The third-order valence-corrected chi connectivity index (χ3v) is 14.2. The van der Waals surface area contributed by atoms with Crippen LogP contribution in [0, 0.1) is 0 Å². The molecule has 0 saturated heterocycles. The van der Waals surface area contributed by atoms with E-state index in [1.54, 1.807) is 0 Å². The summed E-state index contributed by atoms with van der Waals surface area (Å²) in [7, 11) is 0. The van der Waals surface area contributed by atoms with Crippen LogP contribution >= 0.6 is 0 Å². The third-order valence-electron chi connectivity index (χ3n) is 14.2. The van der Waals surface area contributed by atoms with Gasteiger partial charge in [0, 0.05) is 5.41 Å². The van der Waals surface area contributed by atoms with Crippen LogP contribution in [0.2, 0.25) is 0 Å². The number of benzene rings is 7. The molecule has 1 unspecified atom stereocenters. The molecule has 0 saturated carbocycles. The quantitative estimate of drug-likeness (QED) is 0.144. The van der Waals surface area contributed by atoms with Gasteiger partial charge in [0.15, 0.2) is 0 Å². The van der Waals surface area contributed by atoms with Crippen LogP contribution in [0.1, 0.15) is 95.3 Å². The largest absolute Gasteiger partial charge is 0.405 e. The van der Waals surface area contributed by atoms with E-state index in [2.05, 4.69) is 226 Å². The van der Waals surface area contributed by atoms with E-state index < -0.39 is 5.41 Å². The molecule has 338 valence electrons. The zero-order valence-corrected chi connectivity index (χ0v) is 40.4. The first-order chi connectivity index (χ1) is 34.0. The van der Waals surface area contributed by atoms with E-state index in [0.29, 0.717) is 0 Å². The highest BCUT2D eigenvalue weighted by Gasteiger charge is 2.49. The van der Waals surface area contributed by atoms with Gasteiger partial charge in [-0.3, -0.25) is 0 Å². The molecule has 0 heterocycles. The zero-order chi connectivity index (χ0) is 47.8. The van der Waals surface area contributed by atoms with Crippen LogP contribution in [0.25, 0.3) is 33.9 Å². The summed E-state index contributed by atoms with van der Waals surface area (Å²) in [4.78, 5) is 0. The summed E-state index contributed by atoms with van der Waals surface area (Å²) in [5.41, 5.74) is 27.2. The van der Waals surface area contributed by atoms with E-state index in [1.165, 1.54) is 95.3 Å². The second-order valence-electron chi connectivity index (χ2n) is 17.7. The lowest BCUT2D eigenvalue weighted by Crippen LogP contribution is -2.31. The van der Waals surface area contributed by atoms with Gasteiger partial charge >= 0.3 is 0 Å². The highest BCUT2D eigenvalue weighted by atomic mass is 14.5. The zero-order valence-electron chi connectivity index (χ0n) is 40.4. The molecule has 1 heteroatoms. The number of rotatable bonds is 9. The molecular formula is C68H61N. The van der Waals surface area contributed by atoms with E-state index in [4.69, 9.17) is 12.3 Å². The second-order valence-corrected chi connectivity index (χ2v) is 17.7.